The topological polar surface area (TPSA) is 40.5 Å². The number of benzene rings is 1. The van der Waals surface area contributed by atoms with E-state index in [1.54, 1.807) is 24.0 Å². The standard InChI is InChI=1S/C18H18Cl3NO2/c1-16(12-18(16,20)21)15(23)22-9-7-17(24,8-10-22)6-5-13-3-2-4-14(19)11-13/h2-4,11,24H,7-10,12H2,1H3. The van der Waals surface area contributed by atoms with Gasteiger partial charge in [0.15, 0.2) is 0 Å². The van der Waals surface area contributed by atoms with E-state index in [1.807, 2.05) is 12.1 Å². The second-order valence-corrected chi connectivity index (χ2v) is 8.72. The van der Waals surface area contributed by atoms with Crippen molar-refractivity contribution in [3.05, 3.63) is 34.9 Å². The van der Waals surface area contributed by atoms with Crippen LogP contribution in [0.2, 0.25) is 5.02 Å². The molecule has 24 heavy (non-hydrogen) atoms. The number of carbonyl (C=O) groups is 1. The maximum Gasteiger partial charge on any atom is 0.231 e. The summed E-state index contributed by atoms with van der Waals surface area (Å²) in [6.45, 7) is 2.67. The minimum Gasteiger partial charge on any atom is -0.377 e. The number of nitrogens with zero attached hydrogens (tertiary/aromatic N) is 1. The van der Waals surface area contributed by atoms with Crippen LogP contribution in [0.3, 0.4) is 0 Å². The van der Waals surface area contributed by atoms with E-state index in [9.17, 15) is 9.90 Å². The minimum absolute atomic E-state index is 0.0441. The molecule has 1 aromatic rings. The number of halogens is 3. The molecule has 0 bridgehead atoms. The van der Waals surface area contributed by atoms with Crippen LogP contribution in [0.5, 0.6) is 0 Å². The Morgan fingerprint density at radius 1 is 1.29 bits per heavy atom. The first kappa shape index (κ1) is 17.9. The molecule has 128 valence electrons. The number of rotatable bonds is 1. The SMILES string of the molecule is CC1(C(=O)N2CCC(O)(C#Cc3cccc(Cl)c3)CC2)CC1(Cl)Cl. The molecule has 1 saturated heterocycles. The van der Waals surface area contributed by atoms with E-state index in [4.69, 9.17) is 34.8 Å². The average molecular weight is 387 g/mol. The van der Waals surface area contributed by atoms with Crippen LogP contribution in [-0.4, -0.2) is 38.9 Å². The lowest BCUT2D eigenvalue weighted by Crippen LogP contribution is -2.48. The predicted octanol–water partition coefficient (Wildman–Crippen LogP) is 3.63. The fourth-order valence-electron chi connectivity index (χ4n) is 2.94. The van der Waals surface area contributed by atoms with Crippen LogP contribution in [0.1, 0.15) is 31.7 Å². The number of alkyl halides is 2. The summed E-state index contributed by atoms with van der Waals surface area (Å²) in [5, 5.41) is 11.2. The predicted molar refractivity (Wildman–Crippen MR) is 96.3 cm³/mol. The van der Waals surface area contributed by atoms with Gasteiger partial charge in [-0.1, -0.05) is 29.5 Å². The molecule has 1 aromatic carbocycles. The van der Waals surface area contributed by atoms with Crippen molar-refractivity contribution in [2.24, 2.45) is 5.41 Å². The number of hydrogen-bond donors (Lipinski definition) is 1. The van der Waals surface area contributed by atoms with Gasteiger partial charge in [-0.3, -0.25) is 4.79 Å². The number of amides is 1. The summed E-state index contributed by atoms with van der Waals surface area (Å²) in [5.74, 6) is 5.85. The molecule has 3 rings (SSSR count). The fourth-order valence-corrected chi connectivity index (χ4v) is 3.83. The Bertz CT molecular complexity index is 729. The van der Waals surface area contributed by atoms with Crippen LogP contribution in [-0.2, 0) is 4.79 Å². The third-order valence-corrected chi connectivity index (χ3v) is 6.21. The number of aliphatic hydroxyl groups is 1. The van der Waals surface area contributed by atoms with Crippen molar-refractivity contribution in [3.8, 4) is 11.8 Å². The normalized spacial score (nSPS) is 27.1. The molecule has 1 saturated carbocycles. The highest BCUT2D eigenvalue weighted by molar-refractivity contribution is 6.53. The highest BCUT2D eigenvalue weighted by atomic mass is 35.5. The van der Waals surface area contributed by atoms with Gasteiger partial charge in [-0.25, -0.2) is 0 Å². The van der Waals surface area contributed by atoms with Crippen LogP contribution in [0.15, 0.2) is 24.3 Å². The van der Waals surface area contributed by atoms with Gasteiger partial charge in [0, 0.05) is 36.5 Å². The molecule has 1 aliphatic heterocycles. The number of piperidine rings is 1. The van der Waals surface area contributed by atoms with Crippen molar-refractivity contribution in [2.45, 2.75) is 36.1 Å². The Morgan fingerprint density at radius 2 is 1.92 bits per heavy atom. The van der Waals surface area contributed by atoms with E-state index in [-0.39, 0.29) is 5.91 Å². The lowest BCUT2D eigenvalue weighted by atomic mass is 9.91. The molecule has 1 unspecified atom stereocenters. The Morgan fingerprint density at radius 3 is 2.46 bits per heavy atom. The molecule has 0 radical (unpaired) electrons. The molecular weight excluding hydrogens is 369 g/mol. The zero-order valence-electron chi connectivity index (χ0n) is 13.3. The summed E-state index contributed by atoms with van der Waals surface area (Å²) >= 11 is 18.1. The van der Waals surface area contributed by atoms with Crippen molar-refractivity contribution in [1.82, 2.24) is 4.90 Å². The van der Waals surface area contributed by atoms with Crippen LogP contribution in [0.25, 0.3) is 0 Å². The highest BCUT2D eigenvalue weighted by Crippen LogP contribution is 2.64. The lowest BCUT2D eigenvalue weighted by Gasteiger charge is -2.36. The fraction of sp³-hybridized carbons (Fsp3) is 0.500. The zero-order valence-corrected chi connectivity index (χ0v) is 15.5. The molecule has 1 N–H and O–H groups in total. The zero-order chi connectivity index (χ0) is 17.6. The lowest BCUT2D eigenvalue weighted by molar-refractivity contribution is -0.139. The molecule has 0 spiro atoms. The number of likely N-dealkylation sites (tertiary alicyclic amines) is 1. The number of carbonyl (C=O) groups excluding carboxylic acids is 1. The van der Waals surface area contributed by atoms with Crippen molar-refractivity contribution >= 4 is 40.7 Å². The van der Waals surface area contributed by atoms with E-state index in [0.29, 0.717) is 37.4 Å². The largest absolute Gasteiger partial charge is 0.377 e. The average Bonchev–Trinajstić information content (AvgIpc) is 3.05. The Labute approximate surface area is 156 Å². The number of hydrogen-bond acceptors (Lipinski definition) is 2. The summed E-state index contributed by atoms with van der Waals surface area (Å²) in [5.41, 5.74) is -1.05. The quantitative estimate of drug-likeness (QED) is 0.591. The summed E-state index contributed by atoms with van der Waals surface area (Å²) in [4.78, 5) is 14.3. The van der Waals surface area contributed by atoms with Crippen molar-refractivity contribution < 1.29 is 9.90 Å². The molecule has 0 aromatic heterocycles. The van der Waals surface area contributed by atoms with E-state index >= 15 is 0 Å². The molecule has 3 nitrogen and oxygen atoms in total. The van der Waals surface area contributed by atoms with Crippen LogP contribution >= 0.6 is 34.8 Å². The Hall–Kier alpha value is -0.920. The van der Waals surface area contributed by atoms with E-state index in [0.717, 1.165) is 5.56 Å². The molecular formula is C18H18Cl3NO2. The maximum atomic E-state index is 12.6. The smallest absolute Gasteiger partial charge is 0.231 e. The van der Waals surface area contributed by atoms with Gasteiger partial charge in [-0.05, 0) is 31.5 Å². The first-order valence-corrected chi connectivity index (χ1v) is 8.97. The van der Waals surface area contributed by atoms with Gasteiger partial charge in [0.2, 0.25) is 5.91 Å². The molecule has 2 fully saturated rings. The highest BCUT2D eigenvalue weighted by Gasteiger charge is 2.68. The van der Waals surface area contributed by atoms with Gasteiger partial charge >= 0.3 is 0 Å². The third kappa shape index (κ3) is 3.39. The monoisotopic (exact) mass is 385 g/mol. The van der Waals surface area contributed by atoms with Gasteiger partial charge in [0.05, 0.1) is 5.41 Å². The molecule has 2 aliphatic rings. The Balaban J connectivity index is 1.63. The molecule has 1 heterocycles. The van der Waals surface area contributed by atoms with E-state index in [2.05, 4.69) is 11.8 Å². The van der Waals surface area contributed by atoms with Gasteiger partial charge in [-0.2, -0.15) is 0 Å². The van der Waals surface area contributed by atoms with Crippen molar-refractivity contribution in [3.63, 3.8) is 0 Å². The third-order valence-electron chi connectivity index (χ3n) is 4.87. The summed E-state index contributed by atoms with van der Waals surface area (Å²) in [6.07, 6.45) is 1.27. The van der Waals surface area contributed by atoms with E-state index in [1.165, 1.54) is 0 Å². The summed E-state index contributed by atoms with van der Waals surface area (Å²) < 4.78 is -0.968. The maximum absolute atomic E-state index is 12.6. The molecule has 1 aliphatic carbocycles. The van der Waals surface area contributed by atoms with Crippen molar-refractivity contribution in [1.29, 1.82) is 0 Å². The second-order valence-electron chi connectivity index (χ2n) is 6.80. The summed E-state index contributed by atoms with van der Waals surface area (Å²) in [6, 6.07) is 7.19. The van der Waals surface area contributed by atoms with Gasteiger partial charge < -0.3 is 10.0 Å². The minimum atomic E-state index is -1.09. The van der Waals surface area contributed by atoms with Crippen LogP contribution in [0, 0.1) is 17.3 Å². The first-order valence-electron chi connectivity index (χ1n) is 7.84. The van der Waals surface area contributed by atoms with Gasteiger partial charge in [0.25, 0.3) is 0 Å². The summed E-state index contributed by atoms with van der Waals surface area (Å²) in [7, 11) is 0. The van der Waals surface area contributed by atoms with Gasteiger partial charge in [0.1, 0.15) is 9.93 Å². The molecule has 1 atom stereocenters. The van der Waals surface area contributed by atoms with Crippen molar-refractivity contribution in [2.75, 3.05) is 13.1 Å². The van der Waals surface area contributed by atoms with Gasteiger partial charge in [-0.15, -0.1) is 23.2 Å². The van der Waals surface area contributed by atoms with E-state index < -0.39 is 15.3 Å². The van der Waals surface area contributed by atoms with Crippen LogP contribution in [0.4, 0.5) is 0 Å². The second kappa shape index (κ2) is 6.11. The molecule has 6 heteroatoms. The Kier molecular flexibility index (Phi) is 4.55. The first-order chi connectivity index (χ1) is 11.2. The van der Waals surface area contributed by atoms with Crippen LogP contribution < -0.4 is 0 Å². The molecule has 1 amide bonds.